The molecule has 3 aromatic rings. The lowest BCUT2D eigenvalue weighted by molar-refractivity contribution is -0.192. The Morgan fingerprint density at radius 1 is 1.11 bits per heavy atom. The molecule has 1 aliphatic carbocycles. The number of aliphatic hydroxyl groups excluding tert-OH is 1. The van der Waals surface area contributed by atoms with E-state index in [-0.39, 0.29) is 29.4 Å². The van der Waals surface area contributed by atoms with E-state index < -0.39 is 29.2 Å². The molecule has 4 rings (SSSR count). The molecule has 244 valence electrons. The fraction of sp³-hybridized carbons (Fsp3) is 0.433. The number of Topliss-reactive ketones (excluding diaryl/α,β-unsaturated/α-hetero) is 1. The van der Waals surface area contributed by atoms with Crippen LogP contribution in [0.1, 0.15) is 73.4 Å². The van der Waals surface area contributed by atoms with Gasteiger partial charge in [-0.05, 0) is 43.0 Å². The maximum Gasteiger partial charge on any atom is 0.391 e. The lowest BCUT2D eigenvalue weighted by atomic mass is 9.83. The topological polar surface area (TPSA) is 194 Å². The van der Waals surface area contributed by atoms with Gasteiger partial charge in [0.2, 0.25) is 5.85 Å². The SMILES string of the molecule is C=Cc1cnc(N)cn1.CCOP(=O)(OOC)C(O)c1cnc(CC(=O)[C@H](CC2CCCC2)c2ccc(S(C)(=O)=O)cc2)cn1. The third-order valence-electron chi connectivity index (χ3n) is 7.18. The zero-order chi connectivity index (χ0) is 33.0. The molecular formula is C30H40N5O8PS. The number of aliphatic hydroxyl groups is 1. The van der Waals surface area contributed by atoms with Crippen molar-refractivity contribution in [3.8, 4) is 0 Å². The molecule has 45 heavy (non-hydrogen) atoms. The third-order valence-corrected chi connectivity index (χ3v) is 10.1. The standard InChI is InChI=1S/C24H33N2O8PS.C6H7N3/c1-4-33-35(29,34-32-2)24(28)22-16-25-19(15-26-22)14-23(27)21(13-17-7-5-6-8-17)18-9-11-20(12-10-18)36(3,30)31;1-2-5-3-9-6(7)4-8-5/h9-12,15-17,21,24,28H,4-8,13-14H2,1-3H3;2-4H,1H2,(H2,7,9)/t21-,24?,35?;/m1./s1. The van der Waals surface area contributed by atoms with Crippen molar-refractivity contribution in [1.29, 1.82) is 0 Å². The number of carbonyl (C=O) groups excluding carboxylic acids is 1. The number of ketones is 1. The van der Waals surface area contributed by atoms with Crippen LogP contribution >= 0.6 is 7.60 Å². The van der Waals surface area contributed by atoms with Crippen LogP contribution in [0.5, 0.6) is 0 Å². The molecule has 1 aromatic carbocycles. The third kappa shape index (κ3) is 10.6. The van der Waals surface area contributed by atoms with E-state index in [0.29, 0.717) is 23.9 Å². The molecule has 1 fully saturated rings. The molecule has 0 saturated heterocycles. The molecule has 13 nitrogen and oxygen atoms in total. The highest BCUT2D eigenvalue weighted by Gasteiger charge is 2.38. The number of benzene rings is 1. The van der Waals surface area contributed by atoms with E-state index in [2.05, 4.69) is 36.1 Å². The molecule has 3 N–H and O–H groups in total. The van der Waals surface area contributed by atoms with Crippen molar-refractivity contribution in [3.05, 3.63) is 78.3 Å². The van der Waals surface area contributed by atoms with Gasteiger partial charge in [0.15, 0.2) is 9.84 Å². The first kappa shape index (κ1) is 36.1. The Labute approximate surface area is 263 Å². The Hall–Kier alpha value is -3.39. The zero-order valence-electron chi connectivity index (χ0n) is 25.6. The lowest BCUT2D eigenvalue weighted by Crippen LogP contribution is -2.19. The highest BCUT2D eigenvalue weighted by atomic mass is 32.2. The van der Waals surface area contributed by atoms with Crippen molar-refractivity contribution in [2.24, 2.45) is 5.92 Å². The normalized spacial score (nSPS) is 16.2. The van der Waals surface area contributed by atoms with Gasteiger partial charge in [0.05, 0.1) is 60.7 Å². The highest BCUT2D eigenvalue weighted by Crippen LogP contribution is 2.59. The molecule has 1 aliphatic rings. The number of rotatable bonds is 14. The van der Waals surface area contributed by atoms with Gasteiger partial charge in [-0.1, -0.05) is 44.4 Å². The highest BCUT2D eigenvalue weighted by molar-refractivity contribution is 7.90. The number of hydrogen-bond donors (Lipinski definition) is 2. The van der Waals surface area contributed by atoms with Crippen molar-refractivity contribution in [3.63, 3.8) is 0 Å². The second-order valence-electron chi connectivity index (χ2n) is 10.5. The van der Waals surface area contributed by atoms with Crippen molar-refractivity contribution < 1.29 is 37.0 Å². The summed E-state index contributed by atoms with van der Waals surface area (Å²) in [5.41, 5.74) is 7.13. The summed E-state index contributed by atoms with van der Waals surface area (Å²) in [6, 6.07) is 6.49. The Bertz CT molecular complexity index is 1540. The van der Waals surface area contributed by atoms with E-state index >= 15 is 0 Å². The maximum atomic E-state index is 13.4. The van der Waals surface area contributed by atoms with E-state index in [1.807, 2.05) is 0 Å². The number of sulfone groups is 1. The van der Waals surface area contributed by atoms with Gasteiger partial charge in [0, 0.05) is 18.4 Å². The van der Waals surface area contributed by atoms with Gasteiger partial charge in [-0.3, -0.25) is 24.3 Å². The summed E-state index contributed by atoms with van der Waals surface area (Å²) in [5.74, 6) is -1.30. The average Bonchev–Trinajstić information content (AvgIpc) is 3.54. The van der Waals surface area contributed by atoms with Crippen molar-refractivity contribution in [2.75, 3.05) is 25.7 Å². The Balaban J connectivity index is 0.000000525. The minimum Gasteiger partial charge on any atom is -0.382 e. The largest absolute Gasteiger partial charge is 0.391 e. The Kier molecular flexibility index (Phi) is 13.5. The molecule has 0 amide bonds. The van der Waals surface area contributed by atoms with Crippen molar-refractivity contribution in [1.82, 2.24) is 19.9 Å². The van der Waals surface area contributed by atoms with Gasteiger partial charge in [-0.25, -0.2) is 18.3 Å². The predicted molar refractivity (Wildman–Crippen MR) is 168 cm³/mol. The molecule has 1 saturated carbocycles. The number of carbonyl (C=O) groups is 1. The summed E-state index contributed by atoms with van der Waals surface area (Å²) in [7, 11) is -6.23. The van der Waals surface area contributed by atoms with Gasteiger partial charge in [0.25, 0.3) is 0 Å². The van der Waals surface area contributed by atoms with Crippen LogP contribution in [0, 0.1) is 5.92 Å². The molecule has 0 aliphatic heterocycles. The van der Waals surface area contributed by atoms with Crippen LogP contribution in [0.15, 0.2) is 60.5 Å². The molecule has 3 atom stereocenters. The molecule has 2 heterocycles. The van der Waals surface area contributed by atoms with E-state index in [1.54, 1.807) is 31.3 Å². The fourth-order valence-electron chi connectivity index (χ4n) is 4.90. The van der Waals surface area contributed by atoms with Gasteiger partial charge in [-0.2, -0.15) is 0 Å². The first-order chi connectivity index (χ1) is 21.4. The smallest absolute Gasteiger partial charge is 0.382 e. The lowest BCUT2D eigenvalue weighted by Gasteiger charge is -2.21. The van der Waals surface area contributed by atoms with Crippen LogP contribution in [0.25, 0.3) is 6.08 Å². The van der Waals surface area contributed by atoms with Gasteiger partial charge < -0.3 is 15.4 Å². The molecule has 0 spiro atoms. The maximum absolute atomic E-state index is 13.4. The minimum absolute atomic E-state index is 0.00623. The summed E-state index contributed by atoms with van der Waals surface area (Å²) in [6.07, 6.45) is 13.5. The molecular weight excluding hydrogens is 621 g/mol. The van der Waals surface area contributed by atoms with E-state index in [9.17, 15) is 22.9 Å². The van der Waals surface area contributed by atoms with Crippen LogP contribution in [-0.4, -0.2) is 59.2 Å². The second kappa shape index (κ2) is 16.8. The summed E-state index contributed by atoms with van der Waals surface area (Å²) in [4.78, 5) is 34.1. The quantitative estimate of drug-likeness (QED) is 0.135. The first-order valence-corrected chi connectivity index (χ1v) is 17.9. The van der Waals surface area contributed by atoms with E-state index in [4.69, 9.17) is 10.3 Å². The van der Waals surface area contributed by atoms with Gasteiger partial charge >= 0.3 is 7.60 Å². The molecule has 2 unspecified atom stereocenters. The summed E-state index contributed by atoms with van der Waals surface area (Å²) >= 11 is 0. The summed E-state index contributed by atoms with van der Waals surface area (Å²) in [5, 5.41) is 10.4. The fourth-order valence-corrected chi connectivity index (χ4v) is 6.82. The number of aromatic nitrogens is 4. The van der Waals surface area contributed by atoms with Crippen LogP contribution in [0.4, 0.5) is 5.82 Å². The number of nitrogens with two attached hydrogens (primary N) is 1. The number of nitrogens with zero attached hydrogens (tertiary/aromatic N) is 4. The van der Waals surface area contributed by atoms with Crippen LogP contribution in [0.2, 0.25) is 0 Å². The number of nitrogen functional groups attached to an aromatic ring is 1. The second-order valence-corrected chi connectivity index (χ2v) is 14.5. The average molecular weight is 662 g/mol. The summed E-state index contributed by atoms with van der Waals surface area (Å²) < 4.78 is 46.1. The van der Waals surface area contributed by atoms with Crippen LogP contribution in [0.3, 0.4) is 0 Å². The Morgan fingerprint density at radius 3 is 2.31 bits per heavy atom. The zero-order valence-corrected chi connectivity index (χ0v) is 27.3. The molecule has 15 heteroatoms. The van der Waals surface area contributed by atoms with Gasteiger partial charge in [-0.15, -0.1) is 4.67 Å². The van der Waals surface area contributed by atoms with Gasteiger partial charge in [0.1, 0.15) is 11.6 Å². The molecule has 2 aromatic heterocycles. The van der Waals surface area contributed by atoms with Crippen LogP contribution < -0.4 is 5.73 Å². The Morgan fingerprint density at radius 2 is 1.80 bits per heavy atom. The molecule has 0 bridgehead atoms. The van der Waals surface area contributed by atoms with Crippen molar-refractivity contribution >= 4 is 35.1 Å². The number of hydrogen-bond acceptors (Lipinski definition) is 13. The van der Waals surface area contributed by atoms with E-state index in [1.165, 1.54) is 30.7 Å². The monoisotopic (exact) mass is 661 g/mol. The minimum atomic E-state index is -4.04. The van der Waals surface area contributed by atoms with E-state index in [0.717, 1.165) is 50.3 Å². The predicted octanol–water partition coefficient (Wildman–Crippen LogP) is 4.86. The van der Waals surface area contributed by atoms with Crippen LogP contribution in [-0.2, 0) is 39.7 Å². The molecule has 0 radical (unpaired) electrons. The first-order valence-electron chi connectivity index (χ1n) is 14.4. The summed E-state index contributed by atoms with van der Waals surface area (Å²) in [6.45, 7) is 5.13. The number of anilines is 1. The van der Waals surface area contributed by atoms with Crippen molar-refractivity contribution in [2.45, 2.75) is 62.1 Å².